The van der Waals surface area contributed by atoms with E-state index in [-0.39, 0.29) is 5.82 Å². The first kappa shape index (κ1) is 15.9. The number of methoxy groups -OCH3 is 1. The van der Waals surface area contributed by atoms with Crippen LogP contribution >= 0.6 is 0 Å². The number of ether oxygens (including phenoxy) is 1. The zero-order valence-electron chi connectivity index (χ0n) is 13.8. The molecular formula is C17H14FN7O. The molecule has 9 heteroatoms. The van der Waals surface area contributed by atoms with Crippen LogP contribution in [0.4, 0.5) is 10.2 Å². The normalized spacial score (nSPS) is 10.8. The van der Waals surface area contributed by atoms with Gasteiger partial charge in [-0.1, -0.05) is 17.3 Å². The number of anilines is 1. The number of tetrazole rings is 1. The first-order chi connectivity index (χ1) is 12.7. The second-order valence-electron chi connectivity index (χ2n) is 5.49. The van der Waals surface area contributed by atoms with Crippen LogP contribution in [0.25, 0.3) is 22.0 Å². The highest BCUT2D eigenvalue weighted by molar-refractivity contribution is 5.96. The third kappa shape index (κ3) is 3.02. The van der Waals surface area contributed by atoms with Gasteiger partial charge in [-0.2, -0.15) is 5.21 Å². The van der Waals surface area contributed by atoms with Crippen molar-refractivity contribution in [2.24, 2.45) is 0 Å². The highest BCUT2D eigenvalue weighted by Crippen LogP contribution is 2.34. The minimum absolute atomic E-state index is 0.285. The van der Waals surface area contributed by atoms with E-state index in [1.54, 1.807) is 19.2 Å². The van der Waals surface area contributed by atoms with Gasteiger partial charge in [-0.15, -0.1) is 10.2 Å². The van der Waals surface area contributed by atoms with Crippen molar-refractivity contribution in [2.45, 2.75) is 6.54 Å². The lowest BCUT2D eigenvalue weighted by atomic mass is 10.0. The van der Waals surface area contributed by atoms with E-state index >= 15 is 0 Å². The largest absolute Gasteiger partial charge is 0.494 e. The fraction of sp³-hybridized carbons (Fsp3) is 0.118. The first-order valence-electron chi connectivity index (χ1n) is 7.79. The predicted molar refractivity (Wildman–Crippen MR) is 93.0 cm³/mol. The molecule has 2 aromatic heterocycles. The van der Waals surface area contributed by atoms with Crippen LogP contribution in [0.1, 0.15) is 5.82 Å². The average Bonchev–Trinajstić information content (AvgIpc) is 3.19. The summed E-state index contributed by atoms with van der Waals surface area (Å²) >= 11 is 0. The minimum Gasteiger partial charge on any atom is -0.494 e. The summed E-state index contributed by atoms with van der Waals surface area (Å²) < 4.78 is 18.7. The third-order valence-corrected chi connectivity index (χ3v) is 3.90. The first-order valence-corrected chi connectivity index (χ1v) is 7.79. The molecule has 0 amide bonds. The average molecular weight is 351 g/mol. The lowest BCUT2D eigenvalue weighted by Gasteiger charge is -2.12. The maximum Gasteiger partial charge on any atom is 0.193 e. The number of aromatic amines is 1. The molecule has 0 aliphatic carbocycles. The summed E-state index contributed by atoms with van der Waals surface area (Å²) in [5.74, 6) is 1.44. The molecule has 0 saturated carbocycles. The molecule has 0 aliphatic rings. The van der Waals surface area contributed by atoms with Gasteiger partial charge in [0.2, 0.25) is 0 Å². The lowest BCUT2D eigenvalue weighted by molar-refractivity contribution is 0.419. The standard InChI is InChI=1S/C17H14FN7O/c1-26-14-7-11(10-2-4-12(18)5-3-10)6-13-16(14)20-9-21-17(13)19-8-15-22-24-25-23-15/h2-7,9H,8H2,1H3,(H,19,20,21)(H,22,23,24,25). The Labute approximate surface area is 147 Å². The van der Waals surface area contributed by atoms with Crippen molar-refractivity contribution < 1.29 is 9.13 Å². The minimum atomic E-state index is -0.285. The monoisotopic (exact) mass is 351 g/mol. The number of rotatable bonds is 5. The topological polar surface area (TPSA) is 102 Å². The van der Waals surface area contributed by atoms with Gasteiger partial charge < -0.3 is 10.1 Å². The Morgan fingerprint density at radius 3 is 2.69 bits per heavy atom. The van der Waals surface area contributed by atoms with Crippen molar-refractivity contribution in [2.75, 3.05) is 12.4 Å². The Bertz CT molecular complexity index is 1040. The van der Waals surface area contributed by atoms with E-state index in [1.807, 2.05) is 12.1 Å². The second kappa shape index (κ2) is 6.71. The highest BCUT2D eigenvalue weighted by atomic mass is 19.1. The fourth-order valence-electron chi connectivity index (χ4n) is 2.66. The summed E-state index contributed by atoms with van der Waals surface area (Å²) in [6.07, 6.45) is 1.46. The van der Waals surface area contributed by atoms with Crippen molar-refractivity contribution in [1.29, 1.82) is 0 Å². The molecule has 0 aliphatic heterocycles. The molecule has 0 radical (unpaired) electrons. The number of hydrogen-bond acceptors (Lipinski definition) is 7. The predicted octanol–water partition coefficient (Wildman–Crippen LogP) is 2.57. The Kier molecular flexibility index (Phi) is 4.10. The van der Waals surface area contributed by atoms with Crippen LogP contribution in [0.15, 0.2) is 42.7 Å². The molecule has 2 N–H and O–H groups in total. The van der Waals surface area contributed by atoms with Crippen LogP contribution in [-0.2, 0) is 6.54 Å². The summed E-state index contributed by atoms with van der Waals surface area (Å²) in [4.78, 5) is 8.63. The molecule has 4 aromatic rings. The van der Waals surface area contributed by atoms with Crippen LogP contribution in [0.3, 0.4) is 0 Å². The quantitative estimate of drug-likeness (QED) is 0.570. The SMILES string of the molecule is COc1cc(-c2ccc(F)cc2)cc2c(NCc3nn[nH]n3)ncnc12. The number of benzene rings is 2. The molecule has 2 heterocycles. The van der Waals surface area contributed by atoms with Gasteiger partial charge in [-0.3, -0.25) is 0 Å². The van der Waals surface area contributed by atoms with Gasteiger partial charge in [-0.25, -0.2) is 14.4 Å². The Morgan fingerprint density at radius 1 is 1.12 bits per heavy atom. The molecule has 0 spiro atoms. The number of fused-ring (bicyclic) bond motifs is 1. The van der Waals surface area contributed by atoms with Crippen molar-refractivity contribution in [1.82, 2.24) is 30.6 Å². The van der Waals surface area contributed by atoms with E-state index in [0.717, 1.165) is 16.5 Å². The lowest BCUT2D eigenvalue weighted by Crippen LogP contribution is -2.04. The van der Waals surface area contributed by atoms with Crippen LogP contribution in [-0.4, -0.2) is 37.7 Å². The van der Waals surface area contributed by atoms with Crippen LogP contribution < -0.4 is 10.1 Å². The molecule has 8 nitrogen and oxygen atoms in total. The summed E-state index contributed by atoms with van der Waals surface area (Å²) in [6, 6.07) is 10.1. The Balaban J connectivity index is 1.80. The van der Waals surface area contributed by atoms with Gasteiger partial charge in [0.1, 0.15) is 29.2 Å². The maximum atomic E-state index is 13.2. The number of hydrogen-bond donors (Lipinski definition) is 2. The van der Waals surface area contributed by atoms with Crippen molar-refractivity contribution in [3.05, 3.63) is 54.4 Å². The van der Waals surface area contributed by atoms with E-state index in [4.69, 9.17) is 4.74 Å². The van der Waals surface area contributed by atoms with Gasteiger partial charge in [-0.05, 0) is 35.4 Å². The van der Waals surface area contributed by atoms with E-state index in [2.05, 4.69) is 35.9 Å². The Hall–Kier alpha value is -3.62. The van der Waals surface area contributed by atoms with Gasteiger partial charge >= 0.3 is 0 Å². The smallest absolute Gasteiger partial charge is 0.193 e. The van der Waals surface area contributed by atoms with E-state index in [1.165, 1.54) is 18.5 Å². The summed E-state index contributed by atoms with van der Waals surface area (Å²) in [5.41, 5.74) is 2.40. The number of nitrogens with zero attached hydrogens (tertiary/aromatic N) is 5. The van der Waals surface area contributed by atoms with Gasteiger partial charge in [0.25, 0.3) is 0 Å². The molecule has 26 heavy (non-hydrogen) atoms. The number of aromatic nitrogens is 6. The number of halogens is 1. The molecule has 0 unspecified atom stereocenters. The van der Waals surface area contributed by atoms with Crippen LogP contribution in [0.2, 0.25) is 0 Å². The summed E-state index contributed by atoms with van der Waals surface area (Å²) in [6.45, 7) is 0.353. The third-order valence-electron chi connectivity index (χ3n) is 3.90. The molecule has 2 aromatic carbocycles. The zero-order chi connectivity index (χ0) is 17.9. The number of H-pyrrole nitrogens is 1. The molecule has 0 saturated heterocycles. The van der Waals surface area contributed by atoms with Gasteiger partial charge in [0.05, 0.1) is 13.7 Å². The van der Waals surface area contributed by atoms with E-state index in [9.17, 15) is 4.39 Å². The van der Waals surface area contributed by atoms with Crippen molar-refractivity contribution >= 4 is 16.7 Å². The molecule has 4 rings (SSSR count). The van der Waals surface area contributed by atoms with Gasteiger partial charge in [0, 0.05) is 5.39 Å². The maximum absolute atomic E-state index is 13.2. The molecular weight excluding hydrogens is 337 g/mol. The van der Waals surface area contributed by atoms with Crippen LogP contribution in [0, 0.1) is 5.82 Å². The zero-order valence-corrected chi connectivity index (χ0v) is 13.8. The molecule has 0 bridgehead atoms. The molecule has 0 atom stereocenters. The van der Waals surface area contributed by atoms with Crippen molar-refractivity contribution in [3.8, 4) is 16.9 Å². The summed E-state index contributed by atoms with van der Waals surface area (Å²) in [7, 11) is 1.58. The van der Waals surface area contributed by atoms with Crippen molar-refractivity contribution in [3.63, 3.8) is 0 Å². The van der Waals surface area contributed by atoms with Gasteiger partial charge in [0.15, 0.2) is 5.82 Å². The highest BCUT2D eigenvalue weighted by Gasteiger charge is 2.12. The molecule has 130 valence electrons. The number of nitrogens with one attached hydrogen (secondary N) is 2. The van der Waals surface area contributed by atoms with E-state index < -0.39 is 0 Å². The van der Waals surface area contributed by atoms with E-state index in [0.29, 0.717) is 29.5 Å². The fourth-order valence-corrected chi connectivity index (χ4v) is 2.66. The summed E-state index contributed by atoms with van der Waals surface area (Å²) in [5, 5.41) is 17.7. The Morgan fingerprint density at radius 2 is 1.96 bits per heavy atom. The second-order valence-corrected chi connectivity index (χ2v) is 5.49. The van der Waals surface area contributed by atoms with Crippen LogP contribution in [0.5, 0.6) is 5.75 Å². The molecule has 0 fully saturated rings.